The summed E-state index contributed by atoms with van der Waals surface area (Å²) in [6, 6.07) is -0.802. The molecule has 100 valence electrons. The summed E-state index contributed by atoms with van der Waals surface area (Å²) in [4.78, 5) is 22.5. The first-order valence-electron chi connectivity index (χ1n) is 5.89. The Hall–Kier alpha value is -1.10. The van der Waals surface area contributed by atoms with E-state index in [-0.39, 0.29) is 23.9 Å². The molecule has 3 N–H and O–H groups in total. The molecular weight excluding hydrogens is 220 g/mol. The normalized spacial score (nSPS) is 13.5. The Morgan fingerprint density at radius 1 is 1.24 bits per heavy atom. The summed E-state index contributed by atoms with van der Waals surface area (Å²) in [6.45, 7) is 9.83. The van der Waals surface area contributed by atoms with Crippen LogP contribution in [0.2, 0.25) is 0 Å². The number of hydrogen-bond acceptors (Lipinski definition) is 3. The quantitative estimate of drug-likeness (QED) is 0.651. The lowest BCUT2D eigenvalue weighted by atomic mass is 10.0. The Bertz CT molecular complexity index is 269. The molecule has 0 aliphatic heterocycles. The second-order valence-corrected chi connectivity index (χ2v) is 5.69. The van der Waals surface area contributed by atoms with Crippen molar-refractivity contribution in [2.75, 3.05) is 6.54 Å². The van der Waals surface area contributed by atoms with E-state index in [0.29, 0.717) is 6.42 Å². The van der Waals surface area contributed by atoms with Crippen molar-refractivity contribution in [1.82, 2.24) is 10.6 Å². The largest absolute Gasteiger partial charge is 0.480 e. The van der Waals surface area contributed by atoms with Gasteiger partial charge in [0.25, 0.3) is 0 Å². The Morgan fingerprint density at radius 3 is 2.12 bits per heavy atom. The molecule has 0 aliphatic carbocycles. The van der Waals surface area contributed by atoms with Crippen molar-refractivity contribution < 1.29 is 14.7 Å². The highest BCUT2D eigenvalue weighted by Crippen LogP contribution is 2.05. The van der Waals surface area contributed by atoms with E-state index in [1.54, 1.807) is 0 Å². The number of aliphatic carboxylic acids is 1. The Balaban J connectivity index is 4.18. The van der Waals surface area contributed by atoms with Gasteiger partial charge in [-0.15, -0.1) is 0 Å². The van der Waals surface area contributed by atoms with Gasteiger partial charge in [0.05, 0.1) is 6.54 Å². The molecule has 5 nitrogen and oxygen atoms in total. The molecule has 0 unspecified atom stereocenters. The van der Waals surface area contributed by atoms with Crippen molar-refractivity contribution >= 4 is 11.9 Å². The fourth-order valence-corrected chi connectivity index (χ4v) is 1.28. The summed E-state index contributed by atoms with van der Waals surface area (Å²) in [6.07, 6.45) is 0.441. The molecular formula is C12H24N2O3. The van der Waals surface area contributed by atoms with Crippen molar-refractivity contribution in [3.05, 3.63) is 0 Å². The van der Waals surface area contributed by atoms with Gasteiger partial charge in [-0.1, -0.05) is 13.8 Å². The zero-order chi connectivity index (χ0) is 13.6. The van der Waals surface area contributed by atoms with Gasteiger partial charge in [0.15, 0.2) is 0 Å². The Kier molecular flexibility index (Phi) is 6.16. The van der Waals surface area contributed by atoms with Crippen LogP contribution in [0, 0.1) is 5.92 Å². The first-order chi connectivity index (χ1) is 7.61. The van der Waals surface area contributed by atoms with Gasteiger partial charge in [0, 0.05) is 5.54 Å². The molecule has 0 fully saturated rings. The molecule has 1 atom stereocenters. The zero-order valence-electron chi connectivity index (χ0n) is 11.3. The van der Waals surface area contributed by atoms with Gasteiger partial charge in [0.1, 0.15) is 6.04 Å². The molecule has 0 aromatic carbocycles. The van der Waals surface area contributed by atoms with Crippen LogP contribution in [0.5, 0.6) is 0 Å². The number of carboxylic acid groups (broad SMARTS) is 1. The minimum Gasteiger partial charge on any atom is -0.480 e. The van der Waals surface area contributed by atoms with Crippen molar-refractivity contribution in [3.8, 4) is 0 Å². The number of carbonyl (C=O) groups excluding carboxylic acids is 1. The molecule has 0 rings (SSSR count). The van der Waals surface area contributed by atoms with Crippen molar-refractivity contribution in [3.63, 3.8) is 0 Å². The zero-order valence-corrected chi connectivity index (χ0v) is 11.3. The predicted molar refractivity (Wildman–Crippen MR) is 66.8 cm³/mol. The molecule has 0 radical (unpaired) electrons. The Morgan fingerprint density at radius 2 is 1.76 bits per heavy atom. The second kappa shape index (κ2) is 6.59. The number of rotatable bonds is 6. The highest BCUT2D eigenvalue weighted by molar-refractivity contribution is 5.84. The maximum atomic E-state index is 11.5. The SMILES string of the molecule is CC(C)C[C@@H](NC(=O)CNC(C)(C)C)C(=O)O. The van der Waals surface area contributed by atoms with Gasteiger partial charge in [0.2, 0.25) is 5.91 Å². The summed E-state index contributed by atoms with van der Waals surface area (Å²) in [5, 5.41) is 14.5. The Labute approximate surface area is 103 Å². The number of amides is 1. The van der Waals surface area contributed by atoms with E-state index >= 15 is 0 Å². The summed E-state index contributed by atoms with van der Waals surface area (Å²) in [5.74, 6) is -1.04. The average molecular weight is 244 g/mol. The van der Waals surface area contributed by atoms with Crippen LogP contribution >= 0.6 is 0 Å². The van der Waals surface area contributed by atoms with Crippen LogP contribution in [0.25, 0.3) is 0 Å². The maximum Gasteiger partial charge on any atom is 0.326 e. The van der Waals surface area contributed by atoms with Crippen LogP contribution in [0.1, 0.15) is 41.0 Å². The van der Waals surface area contributed by atoms with Gasteiger partial charge in [-0.05, 0) is 33.1 Å². The van der Waals surface area contributed by atoms with Crippen molar-refractivity contribution in [2.45, 2.75) is 52.6 Å². The van der Waals surface area contributed by atoms with Crippen molar-refractivity contribution in [2.24, 2.45) is 5.92 Å². The van der Waals surface area contributed by atoms with E-state index in [0.717, 1.165) is 0 Å². The molecule has 0 aromatic rings. The molecule has 5 heteroatoms. The molecule has 0 bridgehead atoms. The van der Waals surface area contributed by atoms with Gasteiger partial charge in [-0.2, -0.15) is 0 Å². The van der Waals surface area contributed by atoms with Crippen molar-refractivity contribution in [1.29, 1.82) is 0 Å². The average Bonchev–Trinajstić information content (AvgIpc) is 2.11. The van der Waals surface area contributed by atoms with E-state index in [2.05, 4.69) is 10.6 Å². The van der Waals surface area contributed by atoms with Crippen LogP contribution in [-0.2, 0) is 9.59 Å². The third kappa shape index (κ3) is 8.68. The lowest BCUT2D eigenvalue weighted by Gasteiger charge is -2.21. The second-order valence-electron chi connectivity index (χ2n) is 5.69. The maximum absolute atomic E-state index is 11.5. The summed E-state index contributed by atoms with van der Waals surface area (Å²) in [5.41, 5.74) is -0.159. The lowest BCUT2D eigenvalue weighted by Crippen LogP contribution is -2.48. The van der Waals surface area contributed by atoms with E-state index in [9.17, 15) is 9.59 Å². The smallest absolute Gasteiger partial charge is 0.326 e. The van der Waals surface area contributed by atoms with E-state index in [1.165, 1.54) is 0 Å². The molecule has 0 aliphatic rings. The van der Waals surface area contributed by atoms with E-state index in [4.69, 9.17) is 5.11 Å². The van der Waals surface area contributed by atoms with Gasteiger partial charge >= 0.3 is 5.97 Å². The van der Waals surface area contributed by atoms with Crippen LogP contribution < -0.4 is 10.6 Å². The topological polar surface area (TPSA) is 78.4 Å². The van der Waals surface area contributed by atoms with Gasteiger partial charge < -0.3 is 15.7 Å². The predicted octanol–water partition coefficient (Wildman–Crippen LogP) is 0.990. The van der Waals surface area contributed by atoms with Crippen LogP contribution in [-0.4, -0.2) is 35.1 Å². The lowest BCUT2D eigenvalue weighted by molar-refractivity contribution is -0.142. The van der Waals surface area contributed by atoms with Crippen LogP contribution in [0.15, 0.2) is 0 Å². The summed E-state index contributed by atoms with van der Waals surface area (Å²) < 4.78 is 0. The summed E-state index contributed by atoms with van der Waals surface area (Å²) >= 11 is 0. The van der Waals surface area contributed by atoms with Gasteiger partial charge in [-0.25, -0.2) is 4.79 Å². The highest BCUT2D eigenvalue weighted by atomic mass is 16.4. The van der Waals surface area contributed by atoms with Crippen LogP contribution in [0.3, 0.4) is 0 Å². The van der Waals surface area contributed by atoms with E-state index < -0.39 is 12.0 Å². The molecule has 0 heterocycles. The van der Waals surface area contributed by atoms with Gasteiger partial charge in [-0.3, -0.25) is 4.79 Å². The monoisotopic (exact) mass is 244 g/mol. The molecule has 17 heavy (non-hydrogen) atoms. The number of carboxylic acids is 1. The molecule has 0 aromatic heterocycles. The number of hydrogen-bond donors (Lipinski definition) is 3. The standard InChI is InChI=1S/C12H24N2O3/c1-8(2)6-9(11(16)17)14-10(15)7-13-12(3,4)5/h8-9,13H,6-7H2,1-5H3,(H,14,15)(H,16,17)/t9-/m1/s1. The molecule has 0 spiro atoms. The molecule has 0 saturated carbocycles. The third-order valence-corrected chi connectivity index (χ3v) is 2.12. The molecule has 1 amide bonds. The fraction of sp³-hybridized carbons (Fsp3) is 0.833. The first kappa shape index (κ1) is 15.9. The number of carbonyl (C=O) groups is 2. The fourth-order valence-electron chi connectivity index (χ4n) is 1.28. The van der Waals surface area contributed by atoms with Crippen LogP contribution in [0.4, 0.5) is 0 Å². The molecule has 0 saturated heterocycles. The minimum absolute atomic E-state index is 0.130. The minimum atomic E-state index is -0.984. The highest BCUT2D eigenvalue weighted by Gasteiger charge is 2.21. The summed E-state index contributed by atoms with van der Waals surface area (Å²) in [7, 11) is 0. The number of nitrogens with one attached hydrogen (secondary N) is 2. The van der Waals surface area contributed by atoms with E-state index in [1.807, 2.05) is 34.6 Å². The third-order valence-electron chi connectivity index (χ3n) is 2.12. The first-order valence-corrected chi connectivity index (χ1v) is 5.89.